The molecule has 3 heterocycles. The molecule has 188 valence electrons. The Labute approximate surface area is 217 Å². The van der Waals surface area contributed by atoms with E-state index < -0.39 is 0 Å². The van der Waals surface area contributed by atoms with Crippen LogP contribution in [-0.4, -0.2) is 65.4 Å². The van der Waals surface area contributed by atoms with Crippen LogP contribution in [0.2, 0.25) is 5.15 Å². The standard InChI is InChI=1S/C25H34ClN7OS/c1-17-13-22(26)31-19(3)23(17)24(34)29-9-5-18(2)32-10-6-21(7-11-32)33(16-27)25(28-4)30-14-20-8-12-35-15-20/h8,12-13,15,18,21H,5-7,9-11,14H2,1-4H3,(H,28,30)(H,29,34). The SMILES string of the molecule is CN=C(NCc1ccsc1)N(C#N)C1CCN(C(C)CCNC(=O)c2c(C)cc(Cl)nc2C)CC1. The first-order chi connectivity index (χ1) is 16.8. The van der Waals surface area contributed by atoms with Gasteiger partial charge in [0.05, 0.1) is 11.3 Å². The molecule has 1 unspecified atom stereocenters. The molecule has 1 atom stereocenters. The van der Waals surface area contributed by atoms with Crippen molar-refractivity contribution in [2.75, 3.05) is 26.7 Å². The van der Waals surface area contributed by atoms with Crippen molar-refractivity contribution in [3.8, 4) is 6.19 Å². The molecule has 0 spiro atoms. The molecular weight excluding hydrogens is 482 g/mol. The van der Waals surface area contributed by atoms with E-state index in [1.807, 2.05) is 12.3 Å². The minimum absolute atomic E-state index is 0.110. The third kappa shape index (κ3) is 7.17. The van der Waals surface area contributed by atoms with E-state index in [4.69, 9.17) is 11.6 Å². The second-order valence-electron chi connectivity index (χ2n) is 8.89. The fourth-order valence-corrected chi connectivity index (χ4v) is 5.49. The Kier molecular flexibility index (Phi) is 9.90. The largest absolute Gasteiger partial charge is 0.352 e. The van der Waals surface area contributed by atoms with Crippen molar-refractivity contribution in [2.45, 2.75) is 58.7 Å². The van der Waals surface area contributed by atoms with Gasteiger partial charge in [0, 0.05) is 45.3 Å². The number of halogens is 1. The summed E-state index contributed by atoms with van der Waals surface area (Å²) in [6.45, 7) is 8.91. The zero-order chi connectivity index (χ0) is 25.4. The summed E-state index contributed by atoms with van der Waals surface area (Å²) >= 11 is 7.64. The lowest BCUT2D eigenvalue weighted by molar-refractivity contribution is 0.0940. The summed E-state index contributed by atoms with van der Waals surface area (Å²) in [6, 6.07) is 4.24. The van der Waals surface area contributed by atoms with Crippen LogP contribution in [-0.2, 0) is 6.54 Å². The first-order valence-corrected chi connectivity index (χ1v) is 13.2. The van der Waals surface area contributed by atoms with Crippen molar-refractivity contribution in [3.05, 3.63) is 50.4 Å². The van der Waals surface area contributed by atoms with Gasteiger partial charge in [-0.15, -0.1) is 0 Å². The number of hydrogen-bond donors (Lipinski definition) is 2. The molecule has 2 aromatic heterocycles. The molecule has 2 aromatic rings. The number of piperidine rings is 1. The molecule has 1 amide bonds. The number of carbonyl (C=O) groups excluding carboxylic acids is 1. The summed E-state index contributed by atoms with van der Waals surface area (Å²) in [5.74, 6) is 0.510. The van der Waals surface area contributed by atoms with Crippen molar-refractivity contribution in [1.82, 2.24) is 25.4 Å². The quantitative estimate of drug-likeness (QED) is 0.182. The number of hydrogen-bond acceptors (Lipinski definition) is 6. The van der Waals surface area contributed by atoms with Crippen LogP contribution in [0.25, 0.3) is 0 Å². The second kappa shape index (κ2) is 12.9. The number of aryl methyl sites for hydroxylation is 2. The minimum Gasteiger partial charge on any atom is -0.352 e. The van der Waals surface area contributed by atoms with Gasteiger partial charge in [-0.3, -0.25) is 9.79 Å². The molecule has 1 fully saturated rings. The highest BCUT2D eigenvalue weighted by Crippen LogP contribution is 2.20. The molecule has 0 radical (unpaired) electrons. The third-order valence-electron chi connectivity index (χ3n) is 6.51. The van der Waals surface area contributed by atoms with Gasteiger partial charge in [-0.05, 0) is 74.1 Å². The fourth-order valence-electron chi connectivity index (χ4n) is 4.53. The number of thiophene rings is 1. The predicted molar refractivity (Wildman–Crippen MR) is 142 cm³/mol. The Morgan fingerprint density at radius 2 is 2.14 bits per heavy atom. The molecule has 1 saturated heterocycles. The van der Waals surface area contributed by atoms with Gasteiger partial charge in [-0.2, -0.15) is 16.6 Å². The van der Waals surface area contributed by atoms with Gasteiger partial charge in [-0.25, -0.2) is 9.88 Å². The first kappa shape index (κ1) is 26.9. The zero-order valence-electron chi connectivity index (χ0n) is 20.8. The van der Waals surface area contributed by atoms with Crippen molar-refractivity contribution in [2.24, 2.45) is 4.99 Å². The molecule has 0 saturated carbocycles. The van der Waals surface area contributed by atoms with E-state index in [9.17, 15) is 10.1 Å². The zero-order valence-corrected chi connectivity index (χ0v) is 22.4. The first-order valence-electron chi connectivity index (χ1n) is 11.9. The van der Waals surface area contributed by atoms with Crippen molar-refractivity contribution in [1.29, 1.82) is 5.26 Å². The number of guanidine groups is 1. The maximum absolute atomic E-state index is 12.7. The third-order valence-corrected chi connectivity index (χ3v) is 7.43. The molecule has 1 aliphatic rings. The van der Waals surface area contributed by atoms with Gasteiger partial charge in [-0.1, -0.05) is 11.6 Å². The number of nitriles is 1. The van der Waals surface area contributed by atoms with Crippen LogP contribution >= 0.6 is 22.9 Å². The summed E-state index contributed by atoms with van der Waals surface area (Å²) in [7, 11) is 1.72. The normalized spacial score (nSPS) is 15.9. The molecule has 0 aromatic carbocycles. The molecule has 1 aliphatic heterocycles. The highest BCUT2D eigenvalue weighted by molar-refractivity contribution is 7.07. The maximum Gasteiger partial charge on any atom is 0.253 e. The Balaban J connectivity index is 1.45. The van der Waals surface area contributed by atoms with Crippen molar-refractivity contribution in [3.63, 3.8) is 0 Å². The Morgan fingerprint density at radius 1 is 1.40 bits per heavy atom. The summed E-state index contributed by atoms with van der Waals surface area (Å²) < 4.78 is 0. The fraction of sp³-hybridized carbons (Fsp3) is 0.520. The number of aromatic nitrogens is 1. The smallest absolute Gasteiger partial charge is 0.253 e. The van der Waals surface area contributed by atoms with E-state index in [1.165, 1.54) is 5.56 Å². The average Bonchev–Trinajstić information content (AvgIpc) is 3.35. The van der Waals surface area contributed by atoms with Crippen LogP contribution in [0.5, 0.6) is 0 Å². The number of carbonyl (C=O) groups is 1. The van der Waals surface area contributed by atoms with Crippen LogP contribution in [0.1, 0.15) is 53.4 Å². The number of likely N-dealkylation sites (tertiary alicyclic amines) is 1. The van der Waals surface area contributed by atoms with Gasteiger partial charge in [0.15, 0.2) is 6.19 Å². The molecule has 10 heteroatoms. The van der Waals surface area contributed by atoms with Crippen LogP contribution in [0, 0.1) is 25.3 Å². The molecule has 0 bridgehead atoms. The topological polar surface area (TPSA) is 96.6 Å². The lowest BCUT2D eigenvalue weighted by Gasteiger charge is -2.39. The summed E-state index contributed by atoms with van der Waals surface area (Å²) in [5, 5.41) is 20.7. The van der Waals surface area contributed by atoms with Gasteiger partial charge in [0.25, 0.3) is 5.91 Å². The highest BCUT2D eigenvalue weighted by Gasteiger charge is 2.29. The second-order valence-corrected chi connectivity index (χ2v) is 10.1. The number of nitrogens with zero attached hydrogens (tertiary/aromatic N) is 5. The maximum atomic E-state index is 12.7. The molecule has 8 nitrogen and oxygen atoms in total. The van der Waals surface area contributed by atoms with Gasteiger partial charge >= 0.3 is 0 Å². The molecular formula is C25H34ClN7OS. The Morgan fingerprint density at radius 3 is 2.74 bits per heavy atom. The summed E-state index contributed by atoms with van der Waals surface area (Å²) in [6.07, 6.45) is 4.96. The van der Waals surface area contributed by atoms with Crippen LogP contribution in [0.15, 0.2) is 27.9 Å². The van der Waals surface area contributed by atoms with E-state index in [1.54, 1.807) is 36.3 Å². The van der Waals surface area contributed by atoms with E-state index in [-0.39, 0.29) is 11.9 Å². The van der Waals surface area contributed by atoms with Gasteiger partial charge < -0.3 is 15.5 Å². The van der Waals surface area contributed by atoms with E-state index in [0.717, 1.165) is 37.9 Å². The van der Waals surface area contributed by atoms with Crippen LogP contribution in [0.3, 0.4) is 0 Å². The van der Waals surface area contributed by atoms with E-state index in [0.29, 0.717) is 41.5 Å². The van der Waals surface area contributed by atoms with Crippen LogP contribution in [0.4, 0.5) is 0 Å². The van der Waals surface area contributed by atoms with Crippen molar-refractivity contribution < 1.29 is 4.79 Å². The van der Waals surface area contributed by atoms with Crippen molar-refractivity contribution >= 4 is 34.8 Å². The van der Waals surface area contributed by atoms with E-state index >= 15 is 0 Å². The number of amides is 1. The predicted octanol–water partition coefficient (Wildman–Crippen LogP) is 3.94. The number of nitrogens with one attached hydrogen (secondary N) is 2. The molecule has 0 aliphatic carbocycles. The Hall–Kier alpha value is -2.67. The highest BCUT2D eigenvalue weighted by atomic mass is 35.5. The lowest BCUT2D eigenvalue weighted by Crippen LogP contribution is -2.50. The Bertz CT molecular complexity index is 1040. The molecule has 2 N–H and O–H groups in total. The average molecular weight is 516 g/mol. The summed E-state index contributed by atoms with van der Waals surface area (Å²) in [5.41, 5.74) is 3.25. The summed E-state index contributed by atoms with van der Waals surface area (Å²) in [4.78, 5) is 25.4. The van der Waals surface area contributed by atoms with Gasteiger partial charge in [0.1, 0.15) is 5.15 Å². The van der Waals surface area contributed by atoms with Gasteiger partial charge in [0.2, 0.25) is 5.96 Å². The molecule has 3 rings (SSSR count). The number of aliphatic imine (C=N–C) groups is 1. The monoisotopic (exact) mass is 515 g/mol. The molecule has 35 heavy (non-hydrogen) atoms. The minimum atomic E-state index is -0.110. The number of rotatable bonds is 8. The number of pyridine rings is 1. The van der Waals surface area contributed by atoms with E-state index in [2.05, 4.69) is 50.1 Å². The van der Waals surface area contributed by atoms with Crippen LogP contribution < -0.4 is 10.6 Å². The lowest BCUT2D eigenvalue weighted by atomic mass is 10.0.